The summed E-state index contributed by atoms with van der Waals surface area (Å²) in [7, 11) is 1.48. The van der Waals surface area contributed by atoms with E-state index in [1.165, 1.54) is 77.7 Å². The standard InChI is InChI=1S/C18H32O3/c1-20-17(19)18-15-13-11-9-7-5-3-2-4-6-8-10-12-14-16(18)21-18/h16H,2-15H2,1H3. The second kappa shape index (κ2) is 8.77. The first-order chi connectivity index (χ1) is 10.3. The van der Waals surface area contributed by atoms with Gasteiger partial charge in [-0.2, -0.15) is 0 Å². The Bertz CT molecular complexity index is 316. The molecule has 122 valence electrons. The van der Waals surface area contributed by atoms with Gasteiger partial charge in [0.2, 0.25) is 0 Å². The molecule has 1 saturated carbocycles. The van der Waals surface area contributed by atoms with Crippen molar-refractivity contribution in [2.75, 3.05) is 7.11 Å². The molecule has 0 aromatic heterocycles. The van der Waals surface area contributed by atoms with Crippen molar-refractivity contribution in [3.8, 4) is 0 Å². The Kier molecular flexibility index (Phi) is 7.01. The molecule has 2 aliphatic rings. The summed E-state index contributed by atoms with van der Waals surface area (Å²) in [6.45, 7) is 0. The smallest absolute Gasteiger partial charge is 0.340 e. The highest BCUT2D eigenvalue weighted by molar-refractivity contribution is 5.83. The minimum absolute atomic E-state index is 0.123. The van der Waals surface area contributed by atoms with E-state index >= 15 is 0 Å². The molecule has 0 aromatic carbocycles. The van der Waals surface area contributed by atoms with Crippen LogP contribution in [0.5, 0.6) is 0 Å². The number of hydrogen-bond donors (Lipinski definition) is 0. The first-order valence-corrected chi connectivity index (χ1v) is 9.06. The van der Waals surface area contributed by atoms with Crippen LogP contribution in [0, 0.1) is 0 Å². The molecular weight excluding hydrogens is 264 g/mol. The zero-order chi connectivity index (χ0) is 15.0. The number of methoxy groups -OCH3 is 1. The number of fused-ring (bicyclic) bond motifs is 1. The zero-order valence-corrected chi connectivity index (χ0v) is 13.7. The van der Waals surface area contributed by atoms with Crippen LogP contribution in [0.1, 0.15) is 89.9 Å². The van der Waals surface area contributed by atoms with Gasteiger partial charge in [0.1, 0.15) is 0 Å². The highest BCUT2D eigenvalue weighted by Gasteiger charge is 2.62. The highest BCUT2D eigenvalue weighted by atomic mass is 16.7. The molecule has 0 spiro atoms. The number of carbonyl (C=O) groups excluding carboxylic acids is 1. The number of esters is 1. The normalized spacial score (nSPS) is 32.9. The summed E-state index contributed by atoms with van der Waals surface area (Å²) < 4.78 is 10.8. The molecule has 21 heavy (non-hydrogen) atoms. The summed E-state index contributed by atoms with van der Waals surface area (Å²) in [6.07, 6.45) is 17.7. The van der Waals surface area contributed by atoms with E-state index in [1.54, 1.807) is 0 Å². The van der Waals surface area contributed by atoms with Crippen LogP contribution < -0.4 is 0 Å². The second-order valence-corrected chi connectivity index (χ2v) is 6.77. The molecule has 3 heteroatoms. The Labute approximate surface area is 129 Å². The van der Waals surface area contributed by atoms with Gasteiger partial charge in [-0.3, -0.25) is 0 Å². The second-order valence-electron chi connectivity index (χ2n) is 6.77. The molecule has 3 nitrogen and oxygen atoms in total. The number of ether oxygens (including phenoxy) is 2. The third kappa shape index (κ3) is 4.98. The Morgan fingerprint density at radius 1 is 0.857 bits per heavy atom. The number of hydrogen-bond acceptors (Lipinski definition) is 3. The topological polar surface area (TPSA) is 38.8 Å². The first kappa shape index (κ1) is 16.8. The molecule has 0 aromatic rings. The quantitative estimate of drug-likeness (QED) is 0.516. The van der Waals surface area contributed by atoms with E-state index in [1.807, 2.05) is 0 Å². The SMILES string of the molecule is COC(=O)C12CCCCCCCCCCCCCCC1O2. The molecule has 0 N–H and O–H groups in total. The lowest BCUT2D eigenvalue weighted by atomic mass is 9.93. The molecule has 0 radical (unpaired) electrons. The van der Waals surface area contributed by atoms with Crippen LogP contribution >= 0.6 is 0 Å². The Morgan fingerprint density at radius 2 is 1.33 bits per heavy atom. The van der Waals surface area contributed by atoms with Crippen LogP contribution in [0.25, 0.3) is 0 Å². The average Bonchev–Trinajstić information content (AvgIpc) is 3.20. The monoisotopic (exact) mass is 296 g/mol. The molecule has 2 fully saturated rings. The minimum Gasteiger partial charge on any atom is -0.467 e. The summed E-state index contributed by atoms with van der Waals surface area (Å²) in [5, 5.41) is 0. The van der Waals surface area contributed by atoms with Crippen molar-refractivity contribution in [2.24, 2.45) is 0 Å². The third-order valence-electron chi connectivity index (χ3n) is 5.11. The lowest BCUT2D eigenvalue weighted by Crippen LogP contribution is -2.29. The van der Waals surface area contributed by atoms with E-state index in [4.69, 9.17) is 9.47 Å². The summed E-state index contributed by atoms with van der Waals surface area (Å²) in [6, 6.07) is 0. The molecular formula is C18H32O3. The van der Waals surface area contributed by atoms with Crippen LogP contribution in [0.3, 0.4) is 0 Å². The van der Waals surface area contributed by atoms with Crippen molar-refractivity contribution >= 4 is 5.97 Å². The Hall–Kier alpha value is -0.570. The van der Waals surface area contributed by atoms with Gasteiger partial charge in [-0.1, -0.05) is 70.6 Å². The maximum Gasteiger partial charge on any atom is 0.340 e. The molecule has 2 unspecified atom stereocenters. The van der Waals surface area contributed by atoms with Gasteiger partial charge >= 0.3 is 5.97 Å². The van der Waals surface area contributed by atoms with Crippen molar-refractivity contribution in [3.63, 3.8) is 0 Å². The van der Waals surface area contributed by atoms with Gasteiger partial charge in [0.25, 0.3) is 0 Å². The largest absolute Gasteiger partial charge is 0.467 e. The van der Waals surface area contributed by atoms with E-state index in [9.17, 15) is 4.79 Å². The number of carbonyl (C=O) groups is 1. The molecule has 1 aliphatic carbocycles. The van der Waals surface area contributed by atoms with E-state index < -0.39 is 5.60 Å². The Balaban J connectivity index is 1.80. The first-order valence-electron chi connectivity index (χ1n) is 9.06. The maximum absolute atomic E-state index is 12.0. The maximum atomic E-state index is 12.0. The molecule has 1 heterocycles. The average molecular weight is 296 g/mol. The van der Waals surface area contributed by atoms with Gasteiger partial charge in [-0.15, -0.1) is 0 Å². The van der Waals surface area contributed by atoms with Gasteiger partial charge < -0.3 is 9.47 Å². The summed E-state index contributed by atoms with van der Waals surface area (Å²) >= 11 is 0. The molecule has 1 aliphatic heterocycles. The van der Waals surface area contributed by atoms with Gasteiger partial charge in [0.05, 0.1) is 13.2 Å². The third-order valence-corrected chi connectivity index (χ3v) is 5.11. The molecule has 1 saturated heterocycles. The van der Waals surface area contributed by atoms with E-state index in [0.717, 1.165) is 19.3 Å². The van der Waals surface area contributed by atoms with Gasteiger partial charge in [0, 0.05) is 0 Å². The van der Waals surface area contributed by atoms with Gasteiger partial charge in [-0.25, -0.2) is 4.79 Å². The summed E-state index contributed by atoms with van der Waals surface area (Å²) in [4.78, 5) is 12.0. The fraction of sp³-hybridized carbons (Fsp3) is 0.944. The predicted octanol–water partition coefficient (Wildman–Crippen LogP) is 4.77. The van der Waals surface area contributed by atoms with Crippen LogP contribution in [-0.2, 0) is 14.3 Å². The Morgan fingerprint density at radius 3 is 1.86 bits per heavy atom. The van der Waals surface area contributed by atoms with Crippen molar-refractivity contribution in [2.45, 2.75) is 102 Å². The molecule has 2 rings (SSSR count). The summed E-state index contributed by atoms with van der Waals surface area (Å²) in [5.41, 5.74) is -0.578. The van der Waals surface area contributed by atoms with E-state index in [2.05, 4.69) is 0 Å². The zero-order valence-electron chi connectivity index (χ0n) is 13.7. The lowest BCUT2D eigenvalue weighted by molar-refractivity contribution is -0.147. The van der Waals surface area contributed by atoms with Crippen LogP contribution in [0.15, 0.2) is 0 Å². The number of epoxide rings is 1. The summed E-state index contributed by atoms with van der Waals surface area (Å²) in [5.74, 6) is -0.145. The lowest BCUT2D eigenvalue weighted by Gasteiger charge is -2.11. The van der Waals surface area contributed by atoms with E-state index in [-0.39, 0.29) is 12.1 Å². The molecule has 0 amide bonds. The fourth-order valence-electron chi connectivity index (χ4n) is 3.67. The number of rotatable bonds is 1. The van der Waals surface area contributed by atoms with Crippen molar-refractivity contribution < 1.29 is 14.3 Å². The van der Waals surface area contributed by atoms with Crippen molar-refractivity contribution in [3.05, 3.63) is 0 Å². The predicted molar refractivity (Wildman–Crippen MR) is 84.3 cm³/mol. The minimum atomic E-state index is -0.578. The van der Waals surface area contributed by atoms with Gasteiger partial charge in [-0.05, 0) is 19.3 Å². The van der Waals surface area contributed by atoms with Crippen molar-refractivity contribution in [1.29, 1.82) is 0 Å². The fourth-order valence-corrected chi connectivity index (χ4v) is 3.67. The highest BCUT2D eigenvalue weighted by Crippen LogP contribution is 2.45. The van der Waals surface area contributed by atoms with Crippen molar-refractivity contribution in [1.82, 2.24) is 0 Å². The van der Waals surface area contributed by atoms with Gasteiger partial charge in [0.15, 0.2) is 5.60 Å². The molecule has 0 bridgehead atoms. The van der Waals surface area contributed by atoms with Crippen LogP contribution in [-0.4, -0.2) is 24.8 Å². The van der Waals surface area contributed by atoms with E-state index in [0.29, 0.717) is 0 Å². The van der Waals surface area contributed by atoms with Crippen LogP contribution in [0.4, 0.5) is 0 Å². The molecule has 2 atom stereocenters. The van der Waals surface area contributed by atoms with Crippen LogP contribution in [0.2, 0.25) is 0 Å².